The van der Waals surface area contributed by atoms with Gasteiger partial charge in [0.05, 0.1) is 0 Å². The summed E-state index contributed by atoms with van der Waals surface area (Å²) < 4.78 is 0. The van der Waals surface area contributed by atoms with Crippen molar-refractivity contribution in [3.8, 4) is 11.1 Å². The number of carbonyl (C=O) groups is 2. The minimum Gasteiger partial charge on any atom is -0.298 e. The standard InChI is InChI=1S/C20H15ClN2O2S/c1-2-10-23-19(25)17(18(24)22-20(23)26)12-13-4-3-5-15(11-13)14-6-8-16(21)9-7-14/h2-9,11-12H,1,10H2,(H,22,24,26)/b17-12+. The van der Waals surface area contributed by atoms with Gasteiger partial charge in [0, 0.05) is 11.6 Å². The van der Waals surface area contributed by atoms with Crippen molar-refractivity contribution in [1.82, 2.24) is 10.2 Å². The summed E-state index contributed by atoms with van der Waals surface area (Å²) in [5.74, 6) is -0.937. The Labute approximate surface area is 161 Å². The number of amides is 2. The van der Waals surface area contributed by atoms with E-state index in [0.717, 1.165) is 16.7 Å². The number of thiocarbonyl (C=S) groups is 1. The van der Waals surface area contributed by atoms with Crippen LogP contribution in [0.25, 0.3) is 17.2 Å². The molecule has 1 heterocycles. The molecule has 0 unspecified atom stereocenters. The van der Waals surface area contributed by atoms with E-state index in [1.165, 1.54) is 4.90 Å². The van der Waals surface area contributed by atoms with Gasteiger partial charge in [0.15, 0.2) is 5.11 Å². The van der Waals surface area contributed by atoms with Gasteiger partial charge in [0.25, 0.3) is 11.8 Å². The average molecular weight is 383 g/mol. The molecule has 1 aliphatic heterocycles. The predicted molar refractivity (Wildman–Crippen MR) is 108 cm³/mol. The predicted octanol–water partition coefficient (Wildman–Crippen LogP) is 3.82. The van der Waals surface area contributed by atoms with Gasteiger partial charge in [0.1, 0.15) is 5.57 Å². The Kier molecular flexibility index (Phi) is 5.30. The van der Waals surface area contributed by atoms with Crippen LogP contribution in [0.2, 0.25) is 5.02 Å². The van der Waals surface area contributed by atoms with Crippen LogP contribution in [-0.2, 0) is 9.59 Å². The first-order chi connectivity index (χ1) is 12.5. The maximum absolute atomic E-state index is 12.6. The lowest BCUT2D eigenvalue weighted by Gasteiger charge is -2.27. The SMILES string of the molecule is C=CCN1C(=O)/C(=C/c2cccc(-c3ccc(Cl)cc3)c2)C(=O)NC1=S. The van der Waals surface area contributed by atoms with Crippen LogP contribution in [-0.4, -0.2) is 28.4 Å². The number of nitrogens with zero attached hydrogens (tertiary/aromatic N) is 1. The van der Waals surface area contributed by atoms with E-state index in [9.17, 15) is 9.59 Å². The zero-order valence-electron chi connectivity index (χ0n) is 13.7. The second kappa shape index (κ2) is 7.64. The molecule has 1 N–H and O–H groups in total. The highest BCUT2D eigenvalue weighted by Gasteiger charge is 2.32. The van der Waals surface area contributed by atoms with Crippen molar-refractivity contribution in [1.29, 1.82) is 0 Å². The highest BCUT2D eigenvalue weighted by molar-refractivity contribution is 7.80. The molecular formula is C20H15ClN2O2S. The van der Waals surface area contributed by atoms with Crippen LogP contribution in [0.3, 0.4) is 0 Å². The molecule has 0 atom stereocenters. The summed E-state index contributed by atoms with van der Waals surface area (Å²) in [7, 11) is 0. The van der Waals surface area contributed by atoms with E-state index in [2.05, 4.69) is 11.9 Å². The highest BCUT2D eigenvalue weighted by Crippen LogP contribution is 2.24. The van der Waals surface area contributed by atoms with Crippen LogP contribution in [0, 0.1) is 0 Å². The molecule has 6 heteroatoms. The molecule has 2 aromatic rings. The topological polar surface area (TPSA) is 49.4 Å². The van der Waals surface area contributed by atoms with Crippen molar-refractivity contribution in [2.24, 2.45) is 0 Å². The van der Waals surface area contributed by atoms with E-state index in [1.807, 2.05) is 48.5 Å². The van der Waals surface area contributed by atoms with E-state index < -0.39 is 11.8 Å². The Morgan fingerprint density at radius 1 is 1.12 bits per heavy atom. The van der Waals surface area contributed by atoms with Crippen molar-refractivity contribution >= 4 is 46.8 Å². The molecule has 2 amide bonds. The van der Waals surface area contributed by atoms with Gasteiger partial charge in [-0.05, 0) is 53.2 Å². The first kappa shape index (κ1) is 18.0. The molecule has 0 saturated carbocycles. The molecule has 1 saturated heterocycles. The summed E-state index contributed by atoms with van der Waals surface area (Å²) in [5.41, 5.74) is 2.72. The number of rotatable bonds is 4. The van der Waals surface area contributed by atoms with Gasteiger partial charge in [-0.1, -0.05) is 48.0 Å². The molecule has 0 radical (unpaired) electrons. The Morgan fingerprint density at radius 2 is 1.85 bits per heavy atom. The first-order valence-corrected chi connectivity index (χ1v) is 8.64. The minimum atomic E-state index is -0.503. The molecule has 0 aliphatic carbocycles. The second-order valence-electron chi connectivity index (χ2n) is 5.65. The lowest BCUT2D eigenvalue weighted by molar-refractivity contribution is -0.128. The van der Waals surface area contributed by atoms with Gasteiger partial charge in [-0.15, -0.1) is 6.58 Å². The minimum absolute atomic E-state index is 0.0358. The van der Waals surface area contributed by atoms with Gasteiger partial charge in [-0.25, -0.2) is 0 Å². The van der Waals surface area contributed by atoms with Crippen molar-refractivity contribution in [2.45, 2.75) is 0 Å². The Morgan fingerprint density at radius 3 is 2.54 bits per heavy atom. The number of hydrogen-bond donors (Lipinski definition) is 1. The lowest BCUT2D eigenvalue weighted by Crippen LogP contribution is -2.53. The molecule has 1 aliphatic rings. The van der Waals surface area contributed by atoms with Crippen molar-refractivity contribution in [3.05, 3.63) is 77.3 Å². The molecule has 4 nitrogen and oxygen atoms in total. The van der Waals surface area contributed by atoms with Gasteiger partial charge >= 0.3 is 0 Å². The summed E-state index contributed by atoms with van der Waals surface area (Å²) in [6.45, 7) is 3.84. The smallest absolute Gasteiger partial charge is 0.265 e. The maximum atomic E-state index is 12.6. The Bertz CT molecular complexity index is 935. The fourth-order valence-electron chi connectivity index (χ4n) is 2.61. The quantitative estimate of drug-likeness (QED) is 0.378. The van der Waals surface area contributed by atoms with E-state index in [1.54, 1.807) is 12.2 Å². The fraction of sp³-hybridized carbons (Fsp3) is 0.0500. The molecule has 2 aromatic carbocycles. The van der Waals surface area contributed by atoms with Crippen molar-refractivity contribution in [2.75, 3.05) is 6.54 Å². The van der Waals surface area contributed by atoms with Crippen LogP contribution in [0.5, 0.6) is 0 Å². The van der Waals surface area contributed by atoms with Crippen LogP contribution in [0.4, 0.5) is 0 Å². The maximum Gasteiger partial charge on any atom is 0.265 e. The van der Waals surface area contributed by atoms with Gasteiger partial charge in [-0.3, -0.25) is 19.8 Å². The monoisotopic (exact) mass is 382 g/mol. The van der Waals surface area contributed by atoms with Crippen molar-refractivity contribution in [3.63, 3.8) is 0 Å². The van der Waals surface area contributed by atoms with Crippen LogP contribution >= 0.6 is 23.8 Å². The van der Waals surface area contributed by atoms with Gasteiger partial charge in [0.2, 0.25) is 0 Å². The molecular weight excluding hydrogens is 368 g/mol. The molecule has 1 fully saturated rings. The first-order valence-electron chi connectivity index (χ1n) is 7.85. The summed E-state index contributed by atoms with van der Waals surface area (Å²) >= 11 is 11.0. The molecule has 0 spiro atoms. The van der Waals surface area contributed by atoms with E-state index in [4.69, 9.17) is 23.8 Å². The highest BCUT2D eigenvalue weighted by atomic mass is 35.5. The van der Waals surface area contributed by atoms with Crippen LogP contribution < -0.4 is 5.32 Å². The number of nitrogens with one attached hydrogen (secondary N) is 1. The fourth-order valence-corrected chi connectivity index (χ4v) is 2.98. The third-order valence-electron chi connectivity index (χ3n) is 3.87. The third-order valence-corrected chi connectivity index (χ3v) is 4.45. The zero-order valence-corrected chi connectivity index (χ0v) is 15.3. The molecule has 3 rings (SSSR count). The Hall–Kier alpha value is -2.76. The summed E-state index contributed by atoms with van der Waals surface area (Å²) in [6, 6.07) is 15.0. The lowest BCUT2D eigenvalue weighted by atomic mass is 10.0. The number of benzene rings is 2. The number of hydrogen-bond acceptors (Lipinski definition) is 3. The summed E-state index contributed by atoms with van der Waals surface area (Å²) in [4.78, 5) is 26.1. The molecule has 130 valence electrons. The van der Waals surface area contributed by atoms with E-state index in [-0.39, 0.29) is 17.2 Å². The molecule has 26 heavy (non-hydrogen) atoms. The van der Waals surface area contributed by atoms with Crippen molar-refractivity contribution < 1.29 is 9.59 Å². The van der Waals surface area contributed by atoms with E-state index in [0.29, 0.717) is 5.02 Å². The normalized spacial score (nSPS) is 16.0. The van der Waals surface area contributed by atoms with Crippen LogP contribution in [0.15, 0.2) is 66.8 Å². The van der Waals surface area contributed by atoms with Crippen LogP contribution in [0.1, 0.15) is 5.56 Å². The van der Waals surface area contributed by atoms with Gasteiger partial charge in [-0.2, -0.15) is 0 Å². The third kappa shape index (κ3) is 3.74. The summed E-state index contributed by atoms with van der Waals surface area (Å²) in [5, 5.41) is 3.29. The number of carbonyl (C=O) groups excluding carboxylic acids is 2. The zero-order chi connectivity index (χ0) is 18.7. The number of halogens is 1. The Balaban J connectivity index is 1.96. The summed E-state index contributed by atoms with van der Waals surface area (Å²) in [6.07, 6.45) is 3.12. The largest absolute Gasteiger partial charge is 0.298 e. The second-order valence-corrected chi connectivity index (χ2v) is 6.48. The van der Waals surface area contributed by atoms with E-state index >= 15 is 0 Å². The molecule has 0 aromatic heterocycles. The average Bonchev–Trinajstić information content (AvgIpc) is 2.63. The molecule has 0 bridgehead atoms. The van der Waals surface area contributed by atoms with Gasteiger partial charge < -0.3 is 0 Å².